The number of benzene rings is 2. The molecule has 8 nitrogen and oxygen atoms in total. The maximum atomic E-state index is 13.1. The lowest BCUT2D eigenvalue weighted by Crippen LogP contribution is -2.31. The first-order chi connectivity index (χ1) is 16.2. The Balaban J connectivity index is 1.81. The summed E-state index contributed by atoms with van der Waals surface area (Å²) in [5.41, 5.74) is 2.41. The number of hydrogen-bond donors (Lipinski definition) is 0. The maximum absolute atomic E-state index is 13.1. The molecule has 0 aliphatic heterocycles. The van der Waals surface area contributed by atoms with Crippen LogP contribution < -0.4 is 10.5 Å². The molecule has 0 N–H and O–H groups in total. The molecule has 0 aliphatic rings. The van der Waals surface area contributed by atoms with Gasteiger partial charge in [-0.1, -0.05) is 13.8 Å². The van der Waals surface area contributed by atoms with Gasteiger partial charge in [0.15, 0.2) is 5.58 Å². The van der Waals surface area contributed by atoms with Gasteiger partial charge in [-0.3, -0.25) is 0 Å². The van der Waals surface area contributed by atoms with Gasteiger partial charge in [-0.15, -0.1) is 0 Å². The third-order valence-corrected chi connectivity index (χ3v) is 8.28. The molecule has 4 rings (SSSR count). The van der Waals surface area contributed by atoms with Gasteiger partial charge in [-0.2, -0.15) is 4.31 Å². The fourth-order valence-electron chi connectivity index (χ4n) is 4.19. The molecule has 0 fully saturated rings. The predicted molar refractivity (Wildman–Crippen MR) is 134 cm³/mol. The van der Waals surface area contributed by atoms with E-state index in [2.05, 4.69) is 23.7 Å². The Bertz CT molecular complexity index is 1510. The van der Waals surface area contributed by atoms with Crippen LogP contribution in [-0.2, 0) is 10.0 Å². The fourth-order valence-corrected chi connectivity index (χ4v) is 5.87. The van der Waals surface area contributed by atoms with Gasteiger partial charge in [0.1, 0.15) is 16.7 Å². The second kappa shape index (κ2) is 9.23. The zero-order valence-electron chi connectivity index (χ0n) is 20.1. The molecule has 0 radical (unpaired) electrons. The first-order valence-corrected chi connectivity index (χ1v) is 12.9. The molecular formula is C25H29N3O5S. The monoisotopic (exact) mass is 483 g/mol. The van der Waals surface area contributed by atoms with Crippen molar-refractivity contribution in [1.82, 2.24) is 9.29 Å². The number of fused-ring (bicyclic) bond motifs is 2. The van der Waals surface area contributed by atoms with Crippen molar-refractivity contribution >= 4 is 37.8 Å². The predicted octanol–water partition coefficient (Wildman–Crippen LogP) is 4.79. The van der Waals surface area contributed by atoms with Gasteiger partial charge in [-0.05, 0) is 50.6 Å². The smallest absolute Gasteiger partial charge is 0.349 e. The highest BCUT2D eigenvalue weighted by Crippen LogP contribution is 2.30. The highest BCUT2D eigenvalue weighted by atomic mass is 32.2. The number of hydrogen-bond acceptors (Lipinski definition) is 7. The first kappa shape index (κ1) is 24.0. The number of rotatable bonds is 8. The summed E-state index contributed by atoms with van der Waals surface area (Å²) >= 11 is 0. The number of sulfonamides is 1. The van der Waals surface area contributed by atoms with Crippen LogP contribution in [-0.4, -0.2) is 43.9 Å². The van der Waals surface area contributed by atoms with Crippen LogP contribution >= 0.6 is 0 Å². The van der Waals surface area contributed by atoms with Crippen LogP contribution in [0.2, 0.25) is 0 Å². The molecule has 9 heteroatoms. The minimum Gasteiger partial charge on any atom is -0.436 e. The molecule has 0 saturated heterocycles. The maximum Gasteiger partial charge on any atom is 0.349 e. The van der Waals surface area contributed by atoms with Gasteiger partial charge in [0.05, 0.1) is 4.90 Å². The van der Waals surface area contributed by atoms with Crippen LogP contribution in [0.3, 0.4) is 0 Å². The van der Waals surface area contributed by atoms with Crippen LogP contribution in [0.15, 0.2) is 54.9 Å². The highest BCUT2D eigenvalue weighted by Gasteiger charge is 2.25. The van der Waals surface area contributed by atoms with Gasteiger partial charge in [-0.25, -0.2) is 18.2 Å². The van der Waals surface area contributed by atoms with Crippen molar-refractivity contribution in [1.29, 1.82) is 0 Å². The molecule has 0 saturated carbocycles. The van der Waals surface area contributed by atoms with Crippen molar-refractivity contribution in [3.8, 4) is 11.5 Å². The molecule has 0 spiro atoms. The molecule has 2 aromatic carbocycles. The van der Waals surface area contributed by atoms with Crippen LogP contribution in [0, 0.1) is 6.92 Å². The van der Waals surface area contributed by atoms with Gasteiger partial charge in [0, 0.05) is 49.4 Å². The minimum atomic E-state index is -3.67. The lowest BCUT2D eigenvalue weighted by molar-refractivity contribution is 0.444. The third-order valence-electron chi connectivity index (χ3n) is 6.09. The number of aryl methyl sites for hydroxylation is 1. The standard InChI is InChI=1S/C25H29N3O5S/c1-6-27(7-2)18-11-10-17-13-19(25(29)33-21(17)14-18)24-26-20-12-16(5)23(15-22(20)32-24)34(30,31)28(8-3)9-4/h10-15H,6-9H2,1-5H3. The van der Waals surface area contributed by atoms with E-state index in [1.165, 1.54) is 10.4 Å². The SMILES string of the molecule is CCN(CC)c1ccc2cc(-c3nc4cc(C)c(S(=O)(=O)N(CC)CC)cc4o3)c(=O)oc2c1. The van der Waals surface area contributed by atoms with Gasteiger partial charge >= 0.3 is 5.63 Å². The van der Waals surface area contributed by atoms with Crippen LogP contribution in [0.4, 0.5) is 5.69 Å². The van der Waals surface area contributed by atoms with E-state index < -0.39 is 15.6 Å². The fraction of sp³-hybridized carbons (Fsp3) is 0.360. The van der Waals surface area contributed by atoms with Crippen LogP contribution in [0.25, 0.3) is 33.5 Å². The summed E-state index contributed by atoms with van der Waals surface area (Å²) in [5, 5.41) is 0.744. The summed E-state index contributed by atoms with van der Waals surface area (Å²) in [5.74, 6) is 0.0928. The van der Waals surface area contributed by atoms with Crippen molar-refractivity contribution in [2.24, 2.45) is 0 Å². The molecule has 0 aliphatic carbocycles. The molecule has 0 unspecified atom stereocenters. The summed E-state index contributed by atoms with van der Waals surface area (Å²) in [4.78, 5) is 19.6. The molecule has 2 heterocycles. The topological polar surface area (TPSA) is 96.9 Å². The Labute approximate surface area is 198 Å². The molecule has 0 amide bonds. The Morgan fingerprint density at radius 3 is 2.24 bits per heavy atom. The van der Waals surface area contributed by atoms with Crippen LogP contribution in [0.5, 0.6) is 0 Å². The molecule has 0 bridgehead atoms. The first-order valence-electron chi connectivity index (χ1n) is 11.5. The second-order valence-corrected chi connectivity index (χ2v) is 9.94. The number of nitrogens with zero attached hydrogens (tertiary/aromatic N) is 3. The van der Waals surface area contributed by atoms with E-state index >= 15 is 0 Å². The Hall–Kier alpha value is -3.17. The van der Waals surface area contributed by atoms with Crippen molar-refractivity contribution < 1.29 is 17.3 Å². The zero-order valence-corrected chi connectivity index (χ0v) is 20.9. The lowest BCUT2D eigenvalue weighted by Gasteiger charge is -2.20. The molecule has 34 heavy (non-hydrogen) atoms. The summed E-state index contributed by atoms with van der Waals surface area (Å²) in [6.45, 7) is 11.9. The van der Waals surface area contributed by atoms with Gasteiger partial charge < -0.3 is 13.7 Å². The van der Waals surface area contributed by atoms with Crippen molar-refractivity contribution in [2.45, 2.75) is 39.5 Å². The summed E-state index contributed by atoms with van der Waals surface area (Å²) in [6, 6.07) is 10.6. The van der Waals surface area contributed by atoms with E-state index in [-0.39, 0.29) is 16.3 Å². The van der Waals surface area contributed by atoms with Crippen LogP contribution in [0.1, 0.15) is 33.3 Å². The average molecular weight is 484 g/mol. The normalized spacial score (nSPS) is 12.2. The van der Waals surface area contributed by atoms with Crippen molar-refractivity contribution in [3.05, 3.63) is 52.4 Å². The number of oxazole rings is 1. The summed E-state index contributed by atoms with van der Waals surface area (Å²) in [6.07, 6.45) is 0. The van der Waals surface area contributed by atoms with E-state index in [1.54, 1.807) is 32.9 Å². The molecule has 4 aromatic rings. The molecule has 2 aromatic heterocycles. The number of aromatic nitrogens is 1. The number of anilines is 1. The summed E-state index contributed by atoms with van der Waals surface area (Å²) in [7, 11) is -3.67. The van der Waals surface area contributed by atoms with E-state index in [4.69, 9.17) is 8.83 Å². The van der Waals surface area contributed by atoms with E-state index in [0.29, 0.717) is 35.3 Å². The van der Waals surface area contributed by atoms with E-state index in [1.807, 2.05) is 18.2 Å². The van der Waals surface area contributed by atoms with Gasteiger partial charge in [0.2, 0.25) is 15.9 Å². The molecule has 180 valence electrons. The molecule has 0 atom stereocenters. The average Bonchev–Trinajstić information content (AvgIpc) is 3.22. The highest BCUT2D eigenvalue weighted by molar-refractivity contribution is 7.89. The van der Waals surface area contributed by atoms with E-state index in [0.717, 1.165) is 24.2 Å². The minimum absolute atomic E-state index is 0.0928. The van der Waals surface area contributed by atoms with E-state index in [9.17, 15) is 13.2 Å². The zero-order chi connectivity index (χ0) is 24.6. The third kappa shape index (κ3) is 4.10. The van der Waals surface area contributed by atoms with Crippen molar-refractivity contribution in [2.75, 3.05) is 31.1 Å². The van der Waals surface area contributed by atoms with Gasteiger partial charge in [0.25, 0.3) is 0 Å². The quantitative estimate of drug-likeness (QED) is 0.333. The Kier molecular flexibility index (Phi) is 6.51. The largest absolute Gasteiger partial charge is 0.436 e. The van der Waals surface area contributed by atoms with Crippen molar-refractivity contribution in [3.63, 3.8) is 0 Å². The lowest BCUT2D eigenvalue weighted by atomic mass is 10.1. The molecular weight excluding hydrogens is 454 g/mol. The second-order valence-electron chi connectivity index (χ2n) is 8.04. The summed E-state index contributed by atoms with van der Waals surface area (Å²) < 4.78 is 38.9. The Morgan fingerprint density at radius 1 is 0.882 bits per heavy atom. The Morgan fingerprint density at radius 2 is 1.59 bits per heavy atom.